The number of piperidine rings is 1. The number of primary amides is 1. The van der Waals surface area contributed by atoms with E-state index >= 15 is 0 Å². The molecular weight excluding hydrogens is 288 g/mol. The van der Waals surface area contributed by atoms with E-state index in [9.17, 15) is 9.59 Å². The van der Waals surface area contributed by atoms with Crippen molar-refractivity contribution in [2.24, 2.45) is 11.7 Å². The lowest BCUT2D eigenvalue weighted by Crippen LogP contribution is -2.41. The van der Waals surface area contributed by atoms with Crippen molar-refractivity contribution < 1.29 is 14.0 Å². The molecule has 0 spiro atoms. The standard InChI is InChI=1S/C15H22N2O3S/c1-10-5-6-17(15(19)9-21-8-14(16)18)12(7-10)13-4-3-11(2)20-13/h3-4,10,12H,5-9H2,1-2H3,(H2,16,18)/t10-,12-/m1/s1. The number of carbonyl (C=O) groups excluding carboxylic acids is 2. The second-order valence-electron chi connectivity index (χ2n) is 5.64. The van der Waals surface area contributed by atoms with Crippen molar-refractivity contribution in [1.29, 1.82) is 0 Å². The van der Waals surface area contributed by atoms with Crippen LogP contribution in [0.2, 0.25) is 0 Å². The molecule has 2 amide bonds. The normalized spacial score (nSPS) is 22.3. The first kappa shape index (κ1) is 15.9. The first-order chi connectivity index (χ1) is 9.97. The Kier molecular flexibility index (Phi) is 5.33. The maximum atomic E-state index is 12.4. The number of aryl methyl sites for hydroxylation is 1. The Balaban J connectivity index is 2.04. The van der Waals surface area contributed by atoms with Crippen LogP contribution in [0.15, 0.2) is 16.5 Å². The van der Waals surface area contributed by atoms with Crippen LogP contribution in [0, 0.1) is 12.8 Å². The van der Waals surface area contributed by atoms with Gasteiger partial charge in [0.1, 0.15) is 11.5 Å². The minimum absolute atomic E-state index is 0.00382. The molecule has 0 aromatic carbocycles. The van der Waals surface area contributed by atoms with Gasteiger partial charge in [0.2, 0.25) is 11.8 Å². The van der Waals surface area contributed by atoms with Gasteiger partial charge in [-0.2, -0.15) is 0 Å². The fraction of sp³-hybridized carbons (Fsp3) is 0.600. The van der Waals surface area contributed by atoms with Crippen molar-refractivity contribution in [2.75, 3.05) is 18.1 Å². The van der Waals surface area contributed by atoms with Crippen molar-refractivity contribution in [3.05, 3.63) is 23.7 Å². The molecule has 2 N–H and O–H groups in total. The maximum Gasteiger partial charge on any atom is 0.233 e. The summed E-state index contributed by atoms with van der Waals surface area (Å²) >= 11 is 1.27. The number of carbonyl (C=O) groups is 2. The average molecular weight is 310 g/mol. The molecule has 0 bridgehead atoms. The Labute approximate surface area is 129 Å². The molecule has 2 atom stereocenters. The summed E-state index contributed by atoms with van der Waals surface area (Å²) in [5.41, 5.74) is 5.10. The number of nitrogens with zero attached hydrogens (tertiary/aromatic N) is 1. The minimum Gasteiger partial charge on any atom is -0.464 e. The number of hydrogen-bond donors (Lipinski definition) is 1. The molecule has 21 heavy (non-hydrogen) atoms. The van der Waals surface area contributed by atoms with E-state index in [0.29, 0.717) is 5.92 Å². The van der Waals surface area contributed by atoms with Gasteiger partial charge in [0, 0.05) is 6.54 Å². The van der Waals surface area contributed by atoms with E-state index in [4.69, 9.17) is 10.2 Å². The predicted octanol–water partition coefficient (Wildman–Crippen LogP) is 2.11. The summed E-state index contributed by atoms with van der Waals surface area (Å²) in [7, 11) is 0. The van der Waals surface area contributed by atoms with Crippen LogP contribution in [-0.4, -0.2) is 34.8 Å². The van der Waals surface area contributed by atoms with Gasteiger partial charge < -0.3 is 15.1 Å². The van der Waals surface area contributed by atoms with E-state index < -0.39 is 5.91 Å². The van der Waals surface area contributed by atoms with Crippen LogP contribution in [0.4, 0.5) is 0 Å². The highest BCUT2D eigenvalue weighted by molar-refractivity contribution is 8.00. The van der Waals surface area contributed by atoms with E-state index in [1.807, 2.05) is 24.0 Å². The third-order valence-electron chi connectivity index (χ3n) is 3.74. The third kappa shape index (κ3) is 4.27. The SMILES string of the molecule is Cc1ccc([C@H]2C[C@H](C)CCN2C(=O)CSCC(N)=O)o1. The van der Waals surface area contributed by atoms with E-state index in [1.54, 1.807) is 0 Å². The maximum absolute atomic E-state index is 12.4. The number of nitrogens with two attached hydrogens (primary N) is 1. The quantitative estimate of drug-likeness (QED) is 0.903. The number of hydrogen-bond acceptors (Lipinski definition) is 4. The summed E-state index contributed by atoms with van der Waals surface area (Å²) in [6, 6.07) is 3.89. The summed E-state index contributed by atoms with van der Waals surface area (Å²) in [6.45, 7) is 4.85. The molecule has 1 aliphatic heterocycles. The molecule has 1 aliphatic rings. The largest absolute Gasteiger partial charge is 0.464 e. The number of furan rings is 1. The van der Waals surface area contributed by atoms with Crippen molar-refractivity contribution >= 4 is 23.6 Å². The van der Waals surface area contributed by atoms with Crippen LogP contribution in [0.1, 0.15) is 37.3 Å². The van der Waals surface area contributed by atoms with Gasteiger partial charge in [-0.25, -0.2) is 0 Å². The Morgan fingerprint density at radius 2 is 2.19 bits per heavy atom. The fourth-order valence-electron chi connectivity index (χ4n) is 2.66. The highest BCUT2D eigenvalue weighted by Gasteiger charge is 2.32. The molecule has 0 unspecified atom stereocenters. The zero-order valence-corrected chi connectivity index (χ0v) is 13.3. The van der Waals surface area contributed by atoms with Gasteiger partial charge in [-0.15, -0.1) is 11.8 Å². The first-order valence-electron chi connectivity index (χ1n) is 7.19. The van der Waals surface area contributed by atoms with Crippen LogP contribution >= 0.6 is 11.8 Å². The minimum atomic E-state index is -0.390. The Morgan fingerprint density at radius 1 is 1.43 bits per heavy atom. The van der Waals surface area contributed by atoms with Gasteiger partial charge in [0.15, 0.2) is 0 Å². The molecule has 5 nitrogen and oxygen atoms in total. The van der Waals surface area contributed by atoms with E-state index in [1.165, 1.54) is 11.8 Å². The van der Waals surface area contributed by atoms with Gasteiger partial charge in [-0.1, -0.05) is 6.92 Å². The highest BCUT2D eigenvalue weighted by atomic mass is 32.2. The molecule has 0 saturated carbocycles. The van der Waals surface area contributed by atoms with Crippen LogP contribution in [0.5, 0.6) is 0 Å². The summed E-state index contributed by atoms with van der Waals surface area (Å²) in [4.78, 5) is 25.0. The van der Waals surface area contributed by atoms with Crippen LogP contribution in [0.25, 0.3) is 0 Å². The van der Waals surface area contributed by atoms with Gasteiger partial charge in [-0.3, -0.25) is 9.59 Å². The lowest BCUT2D eigenvalue weighted by Gasteiger charge is -2.37. The van der Waals surface area contributed by atoms with Crippen molar-refractivity contribution in [3.63, 3.8) is 0 Å². The number of likely N-dealkylation sites (tertiary alicyclic amines) is 1. The van der Waals surface area contributed by atoms with Gasteiger partial charge in [0.05, 0.1) is 17.5 Å². The van der Waals surface area contributed by atoms with Crippen molar-refractivity contribution in [1.82, 2.24) is 4.90 Å². The van der Waals surface area contributed by atoms with Crippen LogP contribution < -0.4 is 5.73 Å². The van der Waals surface area contributed by atoms with Gasteiger partial charge >= 0.3 is 0 Å². The Morgan fingerprint density at radius 3 is 2.81 bits per heavy atom. The Bertz CT molecular complexity index is 515. The zero-order valence-electron chi connectivity index (χ0n) is 12.5. The Hall–Kier alpha value is -1.43. The second-order valence-corrected chi connectivity index (χ2v) is 6.63. The van der Waals surface area contributed by atoms with Gasteiger partial charge in [0.25, 0.3) is 0 Å². The number of rotatable bonds is 5. The van der Waals surface area contributed by atoms with Crippen molar-refractivity contribution in [3.8, 4) is 0 Å². The number of amides is 2. The lowest BCUT2D eigenvalue weighted by molar-refractivity contribution is -0.133. The summed E-state index contributed by atoms with van der Waals surface area (Å²) in [6.07, 6.45) is 1.92. The molecule has 2 heterocycles. The van der Waals surface area contributed by atoms with Gasteiger partial charge in [-0.05, 0) is 37.8 Å². The smallest absolute Gasteiger partial charge is 0.233 e. The predicted molar refractivity (Wildman–Crippen MR) is 82.8 cm³/mol. The molecule has 0 aliphatic carbocycles. The van der Waals surface area contributed by atoms with E-state index in [2.05, 4.69) is 6.92 Å². The zero-order chi connectivity index (χ0) is 15.4. The highest BCUT2D eigenvalue weighted by Crippen LogP contribution is 2.35. The van der Waals surface area contributed by atoms with Crippen LogP contribution in [0.3, 0.4) is 0 Å². The molecule has 1 aromatic rings. The molecule has 1 fully saturated rings. The molecule has 1 saturated heterocycles. The molecule has 6 heteroatoms. The molecule has 2 rings (SSSR count). The molecule has 1 aromatic heterocycles. The van der Waals surface area contributed by atoms with E-state index in [-0.39, 0.29) is 23.5 Å². The number of thioether (sulfide) groups is 1. The second kappa shape index (κ2) is 7.02. The summed E-state index contributed by atoms with van der Waals surface area (Å²) < 4.78 is 5.72. The first-order valence-corrected chi connectivity index (χ1v) is 8.34. The molecule has 0 radical (unpaired) electrons. The summed E-state index contributed by atoms with van der Waals surface area (Å²) in [5.74, 6) is 2.41. The lowest BCUT2D eigenvalue weighted by atomic mass is 9.91. The van der Waals surface area contributed by atoms with E-state index in [0.717, 1.165) is 30.9 Å². The average Bonchev–Trinajstić information content (AvgIpc) is 2.84. The molecule has 116 valence electrons. The van der Waals surface area contributed by atoms with Crippen molar-refractivity contribution in [2.45, 2.75) is 32.7 Å². The monoisotopic (exact) mass is 310 g/mol. The molecular formula is C15H22N2O3S. The third-order valence-corrected chi connectivity index (χ3v) is 4.68. The fourth-order valence-corrected chi connectivity index (χ4v) is 3.31. The topological polar surface area (TPSA) is 76.5 Å². The van der Waals surface area contributed by atoms with Crippen LogP contribution in [-0.2, 0) is 9.59 Å². The summed E-state index contributed by atoms with van der Waals surface area (Å²) in [5, 5.41) is 0.